The number of piperazine rings is 1. The van der Waals surface area contributed by atoms with Crippen molar-refractivity contribution in [3.05, 3.63) is 54.6 Å². The Morgan fingerprint density at radius 3 is 2.31 bits per heavy atom. The fourth-order valence-electron chi connectivity index (χ4n) is 3.27. The maximum absolute atomic E-state index is 12.6. The van der Waals surface area contributed by atoms with E-state index in [-0.39, 0.29) is 24.8 Å². The summed E-state index contributed by atoms with van der Waals surface area (Å²) in [5.74, 6) is 1.05. The molecule has 3 amide bonds. The number of amides is 3. The van der Waals surface area contributed by atoms with E-state index < -0.39 is 0 Å². The molecule has 152 valence electrons. The molecule has 0 radical (unpaired) electrons. The van der Waals surface area contributed by atoms with E-state index in [9.17, 15) is 14.4 Å². The van der Waals surface area contributed by atoms with Crippen LogP contribution in [0.3, 0.4) is 0 Å². The van der Waals surface area contributed by atoms with E-state index in [1.54, 1.807) is 20.8 Å². The largest absolute Gasteiger partial charge is 0.455 e. The number of carbonyl (C=O) groups is 3. The van der Waals surface area contributed by atoms with Crippen molar-refractivity contribution in [1.82, 2.24) is 9.80 Å². The van der Waals surface area contributed by atoms with E-state index >= 15 is 0 Å². The molecular formula is C22H25N3O4. The molecule has 0 spiro atoms. The highest BCUT2D eigenvalue weighted by Gasteiger charge is 2.22. The molecule has 0 atom stereocenters. The highest BCUT2D eigenvalue weighted by molar-refractivity contribution is 5.94. The number of benzene rings is 2. The van der Waals surface area contributed by atoms with Crippen LogP contribution in [0.1, 0.15) is 13.3 Å². The Bertz CT molecular complexity index is 848. The monoisotopic (exact) mass is 395 g/mol. The van der Waals surface area contributed by atoms with Crippen LogP contribution in [-0.2, 0) is 14.4 Å². The Hall–Kier alpha value is -3.35. The molecule has 1 fully saturated rings. The Kier molecular flexibility index (Phi) is 6.84. The van der Waals surface area contributed by atoms with Gasteiger partial charge in [-0.15, -0.1) is 0 Å². The third kappa shape index (κ3) is 5.34. The van der Waals surface area contributed by atoms with Gasteiger partial charge >= 0.3 is 0 Å². The molecule has 2 aromatic rings. The topological polar surface area (TPSA) is 70.2 Å². The zero-order valence-electron chi connectivity index (χ0n) is 16.5. The molecular weight excluding hydrogens is 370 g/mol. The molecule has 0 N–H and O–H groups in total. The number of rotatable bonds is 7. The Balaban J connectivity index is 1.68. The summed E-state index contributed by atoms with van der Waals surface area (Å²) in [4.78, 5) is 40.7. The first kappa shape index (κ1) is 20.4. The molecule has 0 unspecified atom stereocenters. The van der Waals surface area contributed by atoms with Crippen molar-refractivity contribution < 1.29 is 19.1 Å². The summed E-state index contributed by atoms with van der Waals surface area (Å²) in [7, 11) is 0. The van der Waals surface area contributed by atoms with Crippen LogP contribution in [0.25, 0.3) is 0 Å². The van der Waals surface area contributed by atoms with Gasteiger partial charge in [0.2, 0.25) is 18.2 Å². The molecule has 1 saturated heterocycles. The molecule has 7 nitrogen and oxygen atoms in total. The van der Waals surface area contributed by atoms with Crippen molar-refractivity contribution in [2.45, 2.75) is 13.3 Å². The van der Waals surface area contributed by atoms with Gasteiger partial charge in [0.15, 0.2) is 5.75 Å². The van der Waals surface area contributed by atoms with Crippen LogP contribution in [0.5, 0.6) is 11.5 Å². The maximum atomic E-state index is 12.6. The third-order valence-corrected chi connectivity index (χ3v) is 4.87. The van der Waals surface area contributed by atoms with Crippen LogP contribution in [-0.4, -0.2) is 60.7 Å². The van der Waals surface area contributed by atoms with Gasteiger partial charge in [-0.3, -0.25) is 14.4 Å². The van der Waals surface area contributed by atoms with E-state index in [0.29, 0.717) is 43.4 Å². The average Bonchev–Trinajstić information content (AvgIpc) is 2.75. The Morgan fingerprint density at radius 1 is 1.00 bits per heavy atom. The summed E-state index contributed by atoms with van der Waals surface area (Å²) in [6.45, 7) is 3.86. The first-order chi connectivity index (χ1) is 14.1. The zero-order chi connectivity index (χ0) is 20.6. The van der Waals surface area contributed by atoms with Crippen LogP contribution in [0, 0.1) is 0 Å². The van der Waals surface area contributed by atoms with Gasteiger partial charge in [0.05, 0.1) is 5.69 Å². The van der Waals surface area contributed by atoms with E-state index in [2.05, 4.69) is 0 Å². The van der Waals surface area contributed by atoms with Crippen molar-refractivity contribution in [3.63, 3.8) is 0 Å². The van der Waals surface area contributed by atoms with Crippen LogP contribution in [0.2, 0.25) is 0 Å². The number of hydrogen-bond acceptors (Lipinski definition) is 4. The maximum Gasteiger partial charge on any atom is 0.224 e. The van der Waals surface area contributed by atoms with Gasteiger partial charge in [-0.1, -0.05) is 30.3 Å². The third-order valence-electron chi connectivity index (χ3n) is 4.87. The van der Waals surface area contributed by atoms with Gasteiger partial charge in [-0.05, 0) is 24.3 Å². The van der Waals surface area contributed by atoms with Gasteiger partial charge in [0.1, 0.15) is 5.75 Å². The lowest BCUT2D eigenvalue weighted by Crippen LogP contribution is -2.48. The van der Waals surface area contributed by atoms with Crippen molar-refractivity contribution in [1.29, 1.82) is 0 Å². The summed E-state index contributed by atoms with van der Waals surface area (Å²) in [5.41, 5.74) is 0.627. The summed E-state index contributed by atoms with van der Waals surface area (Å²) >= 11 is 0. The number of carbonyl (C=O) groups excluding carboxylic acids is 3. The number of para-hydroxylation sites is 3. The second kappa shape index (κ2) is 9.73. The number of anilines is 1. The average molecular weight is 395 g/mol. The SMILES string of the molecule is CC(=O)N(CCC(=O)N1CCN(C=O)CC1)c1ccccc1Oc1ccccc1. The Morgan fingerprint density at radius 2 is 1.66 bits per heavy atom. The van der Waals surface area contributed by atoms with Gasteiger partial charge in [-0.2, -0.15) is 0 Å². The van der Waals surface area contributed by atoms with Crippen LogP contribution < -0.4 is 9.64 Å². The summed E-state index contributed by atoms with van der Waals surface area (Å²) < 4.78 is 5.96. The van der Waals surface area contributed by atoms with Gasteiger partial charge in [-0.25, -0.2) is 0 Å². The normalized spacial score (nSPS) is 13.7. The lowest BCUT2D eigenvalue weighted by Gasteiger charge is -2.33. The summed E-state index contributed by atoms with van der Waals surface area (Å²) in [6, 6.07) is 16.6. The molecule has 0 bridgehead atoms. The molecule has 2 aromatic carbocycles. The molecule has 3 rings (SSSR count). The molecule has 1 heterocycles. The highest BCUT2D eigenvalue weighted by Crippen LogP contribution is 2.32. The van der Waals surface area contributed by atoms with Crippen LogP contribution in [0.15, 0.2) is 54.6 Å². The van der Waals surface area contributed by atoms with Crippen molar-refractivity contribution in [2.75, 3.05) is 37.6 Å². The van der Waals surface area contributed by atoms with Gasteiger partial charge in [0, 0.05) is 46.1 Å². The minimum atomic E-state index is -0.160. The summed E-state index contributed by atoms with van der Waals surface area (Å²) in [5, 5.41) is 0. The van der Waals surface area contributed by atoms with E-state index in [4.69, 9.17) is 4.74 Å². The zero-order valence-corrected chi connectivity index (χ0v) is 16.5. The number of ether oxygens (including phenoxy) is 1. The van der Waals surface area contributed by atoms with Gasteiger partial charge in [0.25, 0.3) is 0 Å². The lowest BCUT2D eigenvalue weighted by molar-refractivity contribution is -0.135. The first-order valence-corrected chi connectivity index (χ1v) is 9.65. The predicted molar refractivity (Wildman–Crippen MR) is 110 cm³/mol. The van der Waals surface area contributed by atoms with E-state index in [1.807, 2.05) is 48.5 Å². The minimum Gasteiger partial charge on any atom is -0.455 e. The van der Waals surface area contributed by atoms with Crippen LogP contribution in [0.4, 0.5) is 5.69 Å². The smallest absolute Gasteiger partial charge is 0.224 e. The first-order valence-electron chi connectivity index (χ1n) is 9.65. The second-order valence-electron chi connectivity index (χ2n) is 6.83. The molecule has 1 aliphatic heterocycles. The van der Waals surface area contributed by atoms with E-state index in [1.165, 1.54) is 6.92 Å². The molecule has 1 aliphatic rings. The van der Waals surface area contributed by atoms with Crippen molar-refractivity contribution in [3.8, 4) is 11.5 Å². The second-order valence-corrected chi connectivity index (χ2v) is 6.83. The standard InChI is InChI=1S/C22H25N3O4/c1-18(27)25(12-11-22(28)24-15-13-23(17-26)14-16-24)20-9-5-6-10-21(20)29-19-7-3-2-4-8-19/h2-10,17H,11-16H2,1H3. The predicted octanol–water partition coefficient (Wildman–Crippen LogP) is 2.52. The Labute approximate surface area is 170 Å². The van der Waals surface area contributed by atoms with Crippen molar-refractivity contribution in [2.24, 2.45) is 0 Å². The van der Waals surface area contributed by atoms with Crippen LogP contribution >= 0.6 is 0 Å². The number of hydrogen-bond donors (Lipinski definition) is 0. The molecule has 29 heavy (non-hydrogen) atoms. The summed E-state index contributed by atoms with van der Waals surface area (Å²) in [6.07, 6.45) is 1.02. The van der Waals surface area contributed by atoms with Crippen molar-refractivity contribution >= 4 is 23.9 Å². The minimum absolute atomic E-state index is 0.0248. The molecule has 0 aromatic heterocycles. The molecule has 0 saturated carbocycles. The fourth-order valence-corrected chi connectivity index (χ4v) is 3.27. The van der Waals surface area contributed by atoms with Gasteiger partial charge < -0.3 is 19.4 Å². The number of nitrogens with zero attached hydrogens (tertiary/aromatic N) is 3. The molecule has 0 aliphatic carbocycles. The fraction of sp³-hybridized carbons (Fsp3) is 0.318. The lowest BCUT2D eigenvalue weighted by atomic mass is 10.2. The molecule has 7 heteroatoms. The highest BCUT2D eigenvalue weighted by atomic mass is 16.5. The van der Waals surface area contributed by atoms with E-state index in [0.717, 1.165) is 6.41 Å². The quantitative estimate of drug-likeness (QED) is 0.676.